The molecule has 2 aromatic carbocycles. The summed E-state index contributed by atoms with van der Waals surface area (Å²) in [5, 5.41) is 8.50. The second-order valence-corrected chi connectivity index (χ2v) is 6.98. The smallest absolute Gasteiger partial charge is 0.261 e. The molecule has 0 aromatic heterocycles. The van der Waals surface area contributed by atoms with E-state index in [-0.39, 0.29) is 16.9 Å². The van der Waals surface area contributed by atoms with Crippen LogP contribution in [0.2, 0.25) is 0 Å². The lowest BCUT2D eigenvalue weighted by molar-refractivity contribution is -0.114. The van der Waals surface area contributed by atoms with Crippen molar-refractivity contribution in [3.63, 3.8) is 0 Å². The van der Waals surface area contributed by atoms with Gasteiger partial charge in [-0.05, 0) is 55.0 Å². The molecule has 0 saturated carbocycles. The number of benzene rings is 2. The van der Waals surface area contributed by atoms with E-state index in [9.17, 15) is 9.59 Å². The molecular weight excluding hydrogens is 386 g/mol. The van der Waals surface area contributed by atoms with Gasteiger partial charge in [0.05, 0.1) is 12.2 Å². The van der Waals surface area contributed by atoms with Crippen LogP contribution in [0.1, 0.15) is 49.9 Å². The van der Waals surface area contributed by atoms with Crippen molar-refractivity contribution in [2.45, 2.75) is 39.5 Å². The van der Waals surface area contributed by atoms with Crippen molar-refractivity contribution in [1.82, 2.24) is 5.32 Å². The number of unbranched alkanes of at least 4 members (excludes halogenated alkanes) is 3. The van der Waals surface area contributed by atoms with Crippen LogP contribution in [-0.4, -0.2) is 23.5 Å². The maximum atomic E-state index is 12.6. The number of hydrogen-bond donors (Lipinski definition) is 3. The predicted octanol–water partition coefficient (Wildman–Crippen LogP) is 4.73. The molecule has 3 N–H and O–H groups in total. The van der Waals surface area contributed by atoms with E-state index in [1.165, 1.54) is 19.8 Å². The van der Waals surface area contributed by atoms with Gasteiger partial charge < -0.3 is 15.4 Å². The van der Waals surface area contributed by atoms with E-state index in [1.54, 1.807) is 42.5 Å². The molecule has 6 nitrogen and oxygen atoms in total. The number of amides is 2. The highest BCUT2D eigenvalue weighted by molar-refractivity contribution is 7.80. The molecule has 0 aliphatic carbocycles. The fourth-order valence-electron chi connectivity index (χ4n) is 2.66. The molecule has 0 atom stereocenters. The molecule has 0 aliphatic heterocycles. The van der Waals surface area contributed by atoms with Crippen LogP contribution in [0.3, 0.4) is 0 Å². The summed E-state index contributed by atoms with van der Waals surface area (Å²) in [6.45, 7) is 4.19. The number of anilines is 2. The van der Waals surface area contributed by atoms with Crippen molar-refractivity contribution in [2.24, 2.45) is 0 Å². The van der Waals surface area contributed by atoms with Crippen molar-refractivity contribution >= 4 is 40.5 Å². The monoisotopic (exact) mass is 413 g/mol. The zero-order valence-corrected chi connectivity index (χ0v) is 17.6. The maximum absolute atomic E-state index is 12.6. The van der Waals surface area contributed by atoms with Crippen LogP contribution in [0.15, 0.2) is 48.5 Å². The molecule has 154 valence electrons. The summed E-state index contributed by atoms with van der Waals surface area (Å²) in [6, 6.07) is 14.1. The van der Waals surface area contributed by atoms with Gasteiger partial charge in [0.15, 0.2) is 5.11 Å². The Balaban J connectivity index is 1.90. The Hall–Kier alpha value is -2.93. The summed E-state index contributed by atoms with van der Waals surface area (Å²) in [5.74, 6) is 0.0743. The minimum Gasteiger partial charge on any atom is -0.493 e. The highest BCUT2D eigenvalue weighted by atomic mass is 32.1. The SMILES string of the molecule is CCCCCCOc1ccccc1C(=O)NC(=S)Nc1ccc(NC(C)=O)cc1. The number of carbonyl (C=O) groups excluding carboxylic acids is 2. The Bertz CT molecular complexity index is 837. The molecule has 0 saturated heterocycles. The molecular formula is C22H27N3O3S. The number of para-hydroxylation sites is 1. The molecule has 0 radical (unpaired) electrons. The summed E-state index contributed by atoms with van der Waals surface area (Å²) in [5.41, 5.74) is 1.82. The summed E-state index contributed by atoms with van der Waals surface area (Å²) < 4.78 is 5.79. The predicted molar refractivity (Wildman–Crippen MR) is 121 cm³/mol. The normalized spacial score (nSPS) is 10.1. The molecule has 0 aliphatic rings. The standard InChI is InChI=1S/C22H27N3O3S/c1-3-4-5-8-15-28-20-10-7-6-9-19(20)21(27)25-22(29)24-18-13-11-17(12-14-18)23-16(2)26/h6-7,9-14H,3-5,8,15H2,1-2H3,(H,23,26)(H2,24,25,27,29). The molecule has 29 heavy (non-hydrogen) atoms. The minimum absolute atomic E-state index is 0.139. The minimum atomic E-state index is -0.332. The highest BCUT2D eigenvalue weighted by Crippen LogP contribution is 2.19. The van der Waals surface area contributed by atoms with E-state index in [0.29, 0.717) is 29.3 Å². The topological polar surface area (TPSA) is 79.5 Å². The molecule has 0 heterocycles. The summed E-state index contributed by atoms with van der Waals surface area (Å²) in [6.07, 6.45) is 4.41. The van der Waals surface area contributed by atoms with Crippen LogP contribution in [-0.2, 0) is 4.79 Å². The average Bonchev–Trinajstić information content (AvgIpc) is 2.69. The van der Waals surface area contributed by atoms with Gasteiger partial charge in [0.1, 0.15) is 5.75 Å². The van der Waals surface area contributed by atoms with Crippen molar-refractivity contribution < 1.29 is 14.3 Å². The van der Waals surface area contributed by atoms with Gasteiger partial charge >= 0.3 is 0 Å². The molecule has 0 fully saturated rings. The first-order valence-corrected chi connectivity index (χ1v) is 10.1. The van der Waals surface area contributed by atoms with Crippen molar-refractivity contribution in [2.75, 3.05) is 17.2 Å². The van der Waals surface area contributed by atoms with Gasteiger partial charge in [0.25, 0.3) is 5.91 Å². The molecule has 7 heteroatoms. The lowest BCUT2D eigenvalue weighted by atomic mass is 10.2. The van der Waals surface area contributed by atoms with Crippen LogP contribution in [0.5, 0.6) is 5.75 Å². The van der Waals surface area contributed by atoms with Crippen LogP contribution in [0.4, 0.5) is 11.4 Å². The van der Waals surface area contributed by atoms with E-state index < -0.39 is 0 Å². The average molecular weight is 414 g/mol. The van der Waals surface area contributed by atoms with E-state index in [0.717, 1.165) is 12.8 Å². The Morgan fingerprint density at radius 1 is 0.931 bits per heavy atom. The number of carbonyl (C=O) groups is 2. The van der Waals surface area contributed by atoms with Crippen molar-refractivity contribution in [3.05, 3.63) is 54.1 Å². The van der Waals surface area contributed by atoms with Gasteiger partial charge in [-0.3, -0.25) is 14.9 Å². The van der Waals surface area contributed by atoms with Gasteiger partial charge in [-0.15, -0.1) is 0 Å². The second-order valence-electron chi connectivity index (χ2n) is 6.57. The van der Waals surface area contributed by atoms with E-state index in [2.05, 4.69) is 22.9 Å². The maximum Gasteiger partial charge on any atom is 0.261 e. The first-order chi connectivity index (χ1) is 14.0. The molecule has 2 aromatic rings. The lowest BCUT2D eigenvalue weighted by Gasteiger charge is -2.13. The first kappa shape index (κ1) is 22.4. The zero-order valence-electron chi connectivity index (χ0n) is 16.8. The van der Waals surface area contributed by atoms with Gasteiger partial charge in [0.2, 0.25) is 5.91 Å². The summed E-state index contributed by atoms with van der Waals surface area (Å²) in [4.78, 5) is 23.7. The van der Waals surface area contributed by atoms with Crippen molar-refractivity contribution in [3.8, 4) is 5.75 Å². The van der Waals surface area contributed by atoms with E-state index in [4.69, 9.17) is 17.0 Å². The number of ether oxygens (including phenoxy) is 1. The van der Waals surface area contributed by atoms with Gasteiger partial charge in [-0.2, -0.15) is 0 Å². The van der Waals surface area contributed by atoms with Crippen LogP contribution < -0.4 is 20.7 Å². The summed E-state index contributed by atoms with van der Waals surface area (Å²) >= 11 is 5.24. The quantitative estimate of drug-likeness (QED) is 0.409. The number of nitrogens with one attached hydrogen (secondary N) is 3. The fourth-order valence-corrected chi connectivity index (χ4v) is 2.87. The van der Waals surface area contributed by atoms with Crippen molar-refractivity contribution in [1.29, 1.82) is 0 Å². The third kappa shape index (κ3) is 7.91. The van der Waals surface area contributed by atoms with E-state index in [1.807, 2.05) is 6.07 Å². The first-order valence-electron chi connectivity index (χ1n) is 9.71. The molecule has 2 amide bonds. The zero-order chi connectivity index (χ0) is 21.1. The lowest BCUT2D eigenvalue weighted by Crippen LogP contribution is -2.34. The Morgan fingerprint density at radius 3 is 2.24 bits per heavy atom. The molecule has 2 rings (SSSR count). The third-order valence-electron chi connectivity index (χ3n) is 4.08. The third-order valence-corrected chi connectivity index (χ3v) is 4.28. The summed E-state index contributed by atoms with van der Waals surface area (Å²) in [7, 11) is 0. The van der Waals surface area contributed by atoms with Crippen LogP contribution in [0.25, 0.3) is 0 Å². The second kappa shape index (κ2) is 11.8. The number of rotatable bonds is 9. The van der Waals surface area contributed by atoms with E-state index >= 15 is 0 Å². The fraction of sp³-hybridized carbons (Fsp3) is 0.318. The largest absolute Gasteiger partial charge is 0.493 e. The number of hydrogen-bond acceptors (Lipinski definition) is 4. The van der Waals surface area contributed by atoms with Crippen LogP contribution in [0, 0.1) is 0 Å². The van der Waals surface area contributed by atoms with Gasteiger partial charge in [0, 0.05) is 18.3 Å². The van der Waals surface area contributed by atoms with Crippen LogP contribution >= 0.6 is 12.2 Å². The highest BCUT2D eigenvalue weighted by Gasteiger charge is 2.13. The number of thiocarbonyl (C=S) groups is 1. The van der Waals surface area contributed by atoms with Gasteiger partial charge in [-0.25, -0.2) is 0 Å². The van der Waals surface area contributed by atoms with Gasteiger partial charge in [-0.1, -0.05) is 38.3 Å². The molecule has 0 bridgehead atoms. The Kier molecular flexibility index (Phi) is 9.11. The molecule has 0 unspecified atom stereocenters. The Morgan fingerprint density at radius 2 is 1.59 bits per heavy atom. The molecule has 0 spiro atoms. The Labute approximate surface area is 177 Å².